The van der Waals surface area contributed by atoms with Gasteiger partial charge < -0.3 is 11.1 Å². The first-order valence-corrected chi connectivity index (χ1v) is 7.17. The van der Waals surface area contributed by atoms with E-state index in [0.29, 0.717) is 5.69 Å². The van der Waals surface area contributed by atoms with Crippen molar-refractivity contribution in [2.75, 3.05) is 5.32 Å². The zero-order chi connectivity index (χ0) is 15.7. The van der Waals surface area contributed by atoms with Crippen LogP contribution in [0.5, 0.6) is 0 Å². The van der Waals surface area contributed by atoms with Crippen molar-refractivity contribution in [3.8, 4) is 0 Å². The molecule has 1 amide bonds. The fourth-order valence-corrected chi connectivity index (χ4v) is 2.70. The molecule has 1 aliphatic carbocycles. The maximum absolute atomic E-state index is 13.2. The Morgan fingerprint density at radius 3 is 2.68 bits per heavy atom. The molecular weight excluding hydrogens is 286 g/mol. The first-order chi connectivity index (χ1) is 10.5. The van der Waals surface area contributed by atoms with E-state index in [1.165, 1.54) is 17.2 Å². The third-order valence-electron chi connectivity index (χ3n) is 3.91. The van der Waals surface area contributed by atoms with Gasteiger partial charge in [-0.3, -0.25) is 4.79 Å². The number of aryl methyl sites for hydroxylation is 1. The van der Waals surface area contributed by atoms with Crippen molar-refractivity contribution in [3.05, 3.63) is 64.7 Å². The maximum Gasteiger partial charge on any atom is 0.255 e. The van der Waals surface area contributed by atoms with E-state index in [0.717, 1.165) is 31.4 Å². The Balaban J connectivity index is 1.78. The minimum atomic E-state index is -1.04. The molecule has 1 atom stereocenters. The van der Waals surface area contributed by atoms with Crippen molar-refractivity contribution in [1.29, 1.82) is 0 Å². The molecule has 3 nitrogen and oxygen atoms in total. The molecule has 1 aliphatic rings. The van der Waals surface area contributed by atoms with Gasteiger partial charge in [0, 0.05) is 17.3 Å². The van der Waals surface area contributed by atoms with E-state index in [4.69, 9.17) is 5.73 Å². The lowest BCUT2D eigenvalue weighted by Gasteiger charge is -2.22. The van der Waals surface area contributed by atoms with E-state index >= 15 is 0 Å². The molecule has 2 aromatic carbocycles. The average molecular weight is 302 g/mol. The second-order valence-corrected chi connectivity index (χ2v) is 5.57. The van der Waals surface area contributed by atoms with Gasteiger partial charge in [-0.25, -0.2) is 8.78 Å². The molecule has 0 aromatic heterocycles. The smallest absolute Gasteiger partial charge is 0.255 e. The van der Waals surface area contributed by atoms with Crippen LogP contribution in [0.25, 0.3) is 0 Å². The average Bonchev–Trinajstić information content (AvgIpc) is 2.50. The number of hydrogen-bond donors (Lipinski definition) is 2. The molecule has 0 bridgehead atoms. The fourth-order valence-electron chi connectivity index (χ4n) is 2.70. The highest BCUT2D eigenvalue weighted by atomic mass is 19.2. The van der Waals surface area contributed by atoms with Gasteiger partial charge in [-0.15, -0.1) is 0 Å². The number of benzene rings is 2. The van der Waals surface area contributed by atoms with Crippen molar-refractivity contribution in [2.24, 2.45) is 5.73 Å². The van der Waals surface area contributed by atoms with Gasteiger partial charge in [0.2, 0.25) is 0 Å². The number of nitrogens with one attached hydrogen (secondary N) is 1. The van der Waals surface area contributed by atoms with Gasteiger partial charge in [0.1, 0.15) is 0 Å². The summed E-state index contributed by atoms with van der Waals surface area (Å²) in [6, 6.07) is 8.95. The van der Waals surface area contributed by atoms with Crippen LogP contribution in [0.15, 0.2) is 36.4 Å². The lowest BCUT2D eigenvalue weighted by molar-refractivity contribution is 0.102. The zero-order valence-corrected chi connectivity index (χ0v) is 11.9. The summed E-state index contributed by atoms with van der Waals surface area (Å²) in [5.41, 5.74) is 9.03. The summed E-state index contributed by atoms with van der Waals surface area (Å²) in [6.07, 6.45) is 2.64. The molecule has 0 spiro atoms. The second kappa shape index (κ2) is 5.85. The van der Waals surface area contributed by atoms with E-state index in [-0.39, 0.29) is 11.6 Å². The van der Waals surface area contributed by atoms with Crippen LogP contribution in [0.4, 0.5) is 14.5 Å². The first kappa shape index (κ1) is 14.7. The highest BCUT2D eigenvalue weighted by molar-refractivity contribution is 6.04. The molecular formula is C17H16F2N2O. The van der Waals surface area contributed by atoms with E-state index in [9.17, 15) is 13.6 Å². The summed E-state index contributed by atoms with van der Waals surface area (Å²) < 4.78 is 26.1. The molecule has 0 unspecified atom stereocenters. The summed E-state index contributed by atoms with van der Waals surface area (Å²) in [5.74, 6) is -2.47. The second-order valence-electron chi connectivity index (χ2n) is 5.57. The van der Waals surface area contributed by atoms with Crippen LogP contribution < -0.4 is 11.1 Å². The van der Waals surface area contributed by atoms with Crippen LogP contribution in [-0.2, 0) is 12.8 Å². The number of amides is 1. The molecule has 2 aromatic rings. The van der Waals surface area contributed by atoms with Gasteiger partial charge in [0.25, 0.3) is 5.91 Å². The van der Waals surface area contributed by atoms with Crippen LogP contribution in [0.1, 0.15) is 27.9 Å². The fraction of sp³-hybridized carbons (Fsp3) is 0.235. The van der Waals surface area contributed by atoms with Gasteiger partial charge in [-0.05, 0) is 60.7 Å². The highest BCUT2D eigenvalue weighted by Crippen LogP contribution is 2.24. The van der Waals surface area contributed by atoms with E-state index < -0.39 is 17.5 Å². The number of rotatable bonds is 2. The standard InChI is InChI=1S/C17H16F2N2O/c18-15-6-3-12(9-16(15)19)17(22)21-14-5-2-10-7-13(20)4-1-11(10)8-14/h2-3,5-6,8-9,13H,1,4,7,20H2,(H,21,22)/t13-/m0/s1. The first-order valence-electron chi connectivity index (χ1n) is 7.17. The third-order valence-corrected chi connectivity index (χ3v) is 3.91. The van der Waals surface area contributed by atoms with Crippen molar-refractivity contribution < 1.29 is 13.6 Å². The summed E-state index contributed by atoms with van der Waals surface area (Å²) in [6.45, 7) is 0. The monoisotopic (exact) mass is 302 g/mol. The third kappa shape index (κ3) is 2.99. The number of hydrogen-bond acceptors (Lipinski definition) is 2. The number of carbonyl (C=O) groups excluding carboxylic acids is 1. The molecule has 3 N–H and O–H groups in total. The van der Waals surface area contributed by atoms with Gasteiger partial charge in [0.15, 0.2) is 11.6 Å². The summed E-state index contributed by atoms with van der Waals surface area (Å²) in [7, 11) is 0. The van der Waals surface area contributed by atoms with E-state index in [1.54, 1.807) is 6.07 Å². The van der Waals surface area contributed by atoms with Crippen molar-refractivity contribution in [1.82, 2.24) is 0 Å². The van der Waals surface area contributed by atoms with Crippen molar-refractivity contribution in [3.63, 3.8) is 0 Å². The molecule has 114 valence electrons. The van der Waals surface area contributed by atoms with Crippen molar-refractivity contribution in [2.45, 2.75) is 25.3 Å². The van der Waals surface area contributed by atoms with Gasteiger partial charge >= 0.3 is 0 Å². The van der Waals surface area contributed by atoms with E-state index in [2.05, 4.69) is 5.32 Å². The maximum atomic E-state index is 13.2. The predicted octanol–water partition coefficient (Wildman–Crippen LogP) is 3.03. The van der Waals surface area contributed by atoms with Gasteiger partial charge in [-0.1, -0.05) is 6.07 Å². The van der Waals surface area contributed by atoms with Gasteiger partial charge in [-0.2, -0.15) is 0 Å². The number of carbonyl (C=O) groups is 1. The largest absolute Gasteiger partial charge is 0.327 e. The Bertz CT molecular complexity index is 731. The predicted molar refractivity (Wildman–Crippen MR) is 80.8 cm³/mol. The molecule has 0 heterocycles. The van der Waals surface area contributed by atoms with Crippen LogP contribution in [-0.4, -0.2) is 11.9 Å². The summed E-state index contributed by atoms with van der Waals surface area (Å²) in [5, 5.41) is 2.71. The minimum absolute atomic E-state index is 0.0821. The lowest BCUT2D eigenvalue weighted by Crippen LogP contribution is -2.27. The Morgan fingerprint density at radius 2 is 1.91 bits per heavy atom. The normalized spacial score (nSPS) is 17.0. The Morgan fingerprint density at radius 1 is 1.09 bits per heavy atom. The quantitative estimate of drug-likeness (QED) is 0.896. The SMILES string of the molecule is N[C@H]1CCc2cc(NC(=O)c3ccc(F)c(F)c3)ccc2C1. The topological polar surface area (TPSA) is 55.1 Å². The zero-order valence-electron chi connectivity index (χ0n) is 11.9. The molecule has 0 saturated carbocycles. The molecule has 0 aliphatic heterocycles. The molecule has 0 radical (unpaired) electrons. The minimum Gasteiger partial charge on any atom is -0.327 e. The lowest BCUT2D eigenvalue weighted by atomic mass is 9.88. The summed E-state index contributed by atoms with van der Waals surface area (Å²) in [4.78, 5) is 12.1. The summed E-state index contributed by atoms with van der Waals surface area (Å²) >= 11 is 0. The van der Waals surface area contributed by atoms with Crippen LogP contribution >= 0.6 is 0 Å². The van der Waals surface area contributed by atoms with E-state index in [1.807, 2.05) is 12.1 Å². The Labute approximate surface area is 127 Å². The van der Waals surface area contributed by atoms with Gasteiger partial charge in [0.05, 0.1) is 0 Å². The van der Waals surface area contributed by atoms with Crippen LogP contribution in [0.2, 0.25) is 0 Å². The number of halogens is 2. The van der Waals surface area contributed by atoms with Crippen LogP contribution in [0.3, 0.4) is 0 Å². The Kier molecular flexibility index (Phi) is 3.90. The molecule has 3 rings (SSSR count). The van der Waals surface area contributed by atoms with Crippen LogP contribution in [0, 0.1) is 11.6 Å². The molecule has 22 heavy (non-hydrogen) atoms. The number of anilines is 1. The molecule has 0 saturated heterocycles. The van der Waals surface area contributed by atoms with Crippen molar-refractivity contribution >= 4 is 11.6 Å². The number of nitrogens with two attached hydrogens (primary N) is 1. The molecule has 5 heteroatoms. The highest BCUT2D eigenvalue weighted by Gasteiger charge is 2.16. The number of fused-ring (bicyclic) bond motifs is 1. The Hall–Kier alpha value is -2.27. The molecule has 0 fully saturated rings.